The summed E-state index contributed by atoms with van der Waals surface area (Å²) in [6.07, 6.45) is 3.53. The molecule has 2 saturated heterocycles. The molecule has 13 heavy (non-hydrogen) atoms. The molecule has 0 amide bonds. The van der Waals surface area contributed by atoms with Gasteiger partial charge in [0.2, 0.25) is 0 Å². The van der Waals surface area contributed by atoms with Gasteiger partial charge in [0.15, 0.2) is 0 Å². The number of aliphatic hydroxyl groups is 1. The van der Waals surface area contributed by atoms with Gasteiger partial charge in [0.25, 0.3) is 0 Å². The lowest BCUT2D eigenvalue weighted by atomic mass is 10.0. The number of rotatable bonds is 1. The Kier molecular flexibility index (Phi) is 2.86. The summed E-state index contributed by atoms with van der Waals surface area (Å²) in [5, 5.41) is 9.42. The second-order valence-electron chi connectivity index (χ2n) is 4.30. The Hall–Kier alpha value is -0.120. The van der Waals surface area contributed by atoms with Gasteiger partial charge >= 0.3 is 0 Å². The molecule has 0 bridgehead atoms. The van der Waals surface area contributed by atoms with Gasteiger partial charge in [-0.3, -0.25) is 4.90 Å². The van der Waals surface area contributed by atoms with Crippen LogP contribution in [0.2, 0.25) is 0 Å². The van der Waals surface area contributed by atoms with E-state index in [1.165, 1.54) is 0 Å². The fraction of sp³-hybridized carbons (Fsp3) is 1.00. The number of nitrogens with zero attached hydrogens (tertiary/aromatic N) is 1. The van der Waals surface area contributed by atoms with Gasteiger partial charge < -0.3 is 9.84 Å². The summed E-state index contributed by atoms with van der Waals surface area (Å²) in [6.45, 7) is 4.97. The molecule has 1 N–H and O–H groups in total. The Morgan fingerprint density at radius 1 is 1.38 bits per heavy atom. The van der Waals surface area contributed by atoms with E-state index < -0.39 is 0 Å². The molecule has 0 aromatic heterocycles. The van der Waals surface area contributed by atoms with Gasteiger partial charge in [0.1, 0.15) is 0 Å². The van der Waals surface area contributed by atoms with Crippen LogP contribution in [-0.2, 0) is 4.74 Å². The molecule has 2 unspecified atom stereocenters. The molecular formula is C10H19NO2. The van der Waals surface area contributed by atoms with Gasteiger partial charge in [-0.1, -0.05) is 0 Å². The van der Waals surface area contributed by atoms with Crippen LogP contribution in [0.1, 0.15) is 26.2 Å². The third-order valence-electron chi connectivity index (χ3n) is 3.17. The molecule has 2 fully saturated rings. The molecular weight excluding hydrogens is 166 g/mol. The van der Waals surface area contributed by atoms with Crippen LogP contribution in [0, 0.1) is 0 Å². The Bertz CT molecular complexity index is 174. The van der Waals surface area contributed by atoms with Gasteiger partial charge in [-0.25, -0.2) is 0 Å². The maximum absolute atomic E-state index is 9.42. The highest BCUT2D eigenvalue weighted by atomic mass is 16.5. The number of hydrogen-bond acceptors (Lipinski definition) is 3. The van der Waals surface area contributed by atoms with E-state index in [4.69, 9.17) is 4.74 Å². The smallest absolute Gasteiger partial charge is 0.0679 e. The van der Waals surface area contributed by atoms with Crippen molar-refractivity contribution in [2.24, 2.45) is 0 Å². The first-order chi connectivity index (χ1) is 6.25. The Morgan fingerprint density at radius 3 is 2.85 bits per heavy atom. The monoisotopic (exact) mass is 185 g/mol. The molecule has 2 rings (SSSR count). The van der Waals surface area contributed by atoms with E-state index in [0.29, 0.717) is 12.1 Å². The van der Waals surface area contributed by atoms with Gasteiger partial charge in [-0.2, -0.15) is 0 Å². The van der Waals surface area contributed by atoms with Crippen molar-refractivity contribution in [3.63, 3.8) is 0 Å². The highest BCUT2D eigenvalue weighted by molar-refractivity contribution is 4.84. The predicted molar refractivity (Wildman–Crippen MR) is 50.6 cm³/mol. The normalized spacial score (nSPS) is 42.5. The lowest BCUT2D eigenvalue weighted by molar-refractivity contribution is -0.0144. The molecule has 0 aromatic rings. The van der Waals surface area contributed by atoms with Crippen LogP contribution < -0.4 is 0 Å². The summed E-state index contributed by atoms with van der Waals surface area (Å²) in [6, 6.07) is 0.654. The van der Waals surface area contributed by atoms with E-state index in [0.717, 1.165) is 39.0 Å². The largest absolute Gasteiger partial charge is 0.392 e. The van der Waals surface area contributed by atoms with Crippen LogP contribution in [0.4, 0.5) is 0 Å². The third kappa shape index (κ3) is 2.22. The first kappa shape index (κ1) is 9.44. The highest BCUT2D eigenvalue weighted by Gasteiger charge is 2.30. The van der Waals surface area contributed by atoms with Gasteiger partial charge in [0, 0.05) is 25.7 Å². The molecule has 76 valence electrons. The zero-order valence-electron chi connectivity index (χ0n) is 8.28. The summed E-state index contributed by atoms with van der Waals surface area (Å²) in [4.78, 5) is 2.42. The summed E-state index contributed by atoms with van der Waals surface area (Å²) in [5.41, 5.74) is 0. The van der Waals surface area contributed by atoms with Crippen molar-refractivity contribution >= 4 is 0 Å². The van der Waals surface area contributed by atoms with Crippen LogP contribution in [0.3, 0.4) is 0 Å². The van der Waals surface area contributed by atoms with Crippen molar-refractivity contribution in [3.05, 3.63) is 0 Å². The Morgan fingerprint density at radius 2 is 2.23 bits per heavy atom. The molecule has 3 heteroatoms. The molecule has 2 aliphatic rings. The number of hydrogen-bond donors (Lipinski definition) is 1. The first-order valence-electron chi connectivity index (χ1n) is 5.29. The van der Waals surface area contributed by atoms with E-state index in [1.807, 2.05) is 0 Å². The molecule has 2 aliphatic heterocycles. The van der Waals surface area contributed by atoms with Crippen molar-refractivity contribution in [1.29, 1.82) is 0 Å². The van der Waals surface area contributed by atoms with E-state index in [2.05, 4.69) is 11.8 Å². The number of likely N-dealkylation sites (tertiary alicyclic amines) is 1. The summed E-state index contributed by atoms with van der Waals surface area (Å²) < 4.78 is 5.51. The minimum Gasteiger partial charge on any atom is -0.392 e. The molecule has 0 radical (unpaired) electrons. The molecule has 2 heterocycles. The molecule has 0 aromatic carbocycles. The van der Waals surface area contributed by atoms with E-state index in [-0.39, 0.29) is 6.10 Å². The van der Waals surface area contributed by atoms with Crippen LogP contribution in [0.15, 0.2) is 0 Å². The fourth-order valence-electron chi connectivity index (χ4n) is 2.41. The van der Waals surface area contributed by atoms with Crippen molar-refractivity contribution in [1.82, 2.24) is 4.90 Å². The standard InChI is InChI=1S/C10H19NO2/c1-8-6-9(3-5-13-8)11-4-2-10(12)7-11/h8-10,12H,2-7H2,1H3/t8?,9?,10-/m1/s1. The van der Waals surface area contributed by atoms with Crippen LogP contribution >= 0.6 is 0 Å². The van der Waals surface area contributed by atoms with Gasteiger partial charge in [0.05, 0.1) is 12.2 Å². The second-order valence-corrected chi connectivity index (χ2v) is 4.30. The summed E-state index contributed by atoms with van der Waals surface area (Å²) in [5.74, 6) is 0. The Balaban J connectivity index is 1.85. The summed E-state index contributed by atoms with van der Waals surface area (Å²) in [7, 11) is 0. The van der Waals surface area contributed by atoms with Crippen molar-refractivity contribution in [3.8, 4) is 0 Å². The SMILES string of the molecule is CC1CC(N2CC[C@@H](O)C2)CCO1. The summed E-state index contributed by atoms with van der Waals surface area (Å²) >= 11 is 0. The quantitative estimate of drug-likeness (QED) is 0.650. The fourth-order valence-corrected chi connectivity index (χ4v) is 2.41. The Labute approximate surface area is 79.7 Å². The number of ether oxygens (including phenoxy) is 1. The van der Waals surface area contributed by atoms with Crippen LogP contribution in [0.5, 0.6) is 0 Å². The van der Waals surface area contributed by atoms with E-state index >= 15 is 0 Å². The molecule has 0 spiro atoms. The molecule has 0 aliphatic carbocycles. The lowest BCUT2D eigenvalue weighted by Crippen LogP contribution is -2.40. The van der Waals surface area contributed by atoms with E-state index in [9.17, 15) is 5.11 Å². The second kappa shape index (κ2) is 3.95. The van der Waals surface area contributed by atoms with Gasteiger partial charge in [-0.05, 0) is 26.2 Å². The maximum Gasteiger partial charge on any atom is 0.0679 e. The van der Waals surface area contributed by atoms with Crippen LogP contribution in [0.25, 0.3) is 0 Å². The topological polar surface area (TPSA) is 32.7 Å². The van der Waals surface area contributed by atoms with Crippen molar-refractivity contribution in [2.45, 2.75) is 44.4 Å². The van der Waals surface area contributed by atoms with Crippen molar-refractivity contribution < 1.29 is 9.84 Å². The third-order valence-corrected chi connectivity index (χ3v) is 3.17. The minimum atomic E-state index is -0.0850. The average Bonchev–Trinajstić information content (AvgIpc) is 2.52. The van der Waals surface area contributed by atoms with E-state index in [1.54, 1.807) is 0 Å². The molecule has 0 saturated carbocycles. The minimum absolute atomic E-state index is 0.0850. The molecule has 3 atom stereocenters. The van der Waals surface area contributed by atoms with Crippen LogP contribution in [-0.4, -0.2) is 48.0 Å². The van der Waals surface area contributed by atoms with Gasteiger partial charge in [-0.15, -0.1) is 0 Å². The highest BCUT2D eigenvalue weighted by Crippen LogP contribution is 2.22. The lowest BCUT2D eigenvalue weighted by Gasteiger charge is -2.33. The van der Waals surface area contributed by atoms with Crippen molar-refractivity contribution in [2.75, 3.05) is 19.7 Å². The molecule has 3 nitrogen and oxygen atoms in total. The average molecular weight is 185 g/mol. The predicted octanol–water partition coefficient (Wildman–Crippen LogP) is 0.620. The zero-order chi connectivity index (χ0) is 9.26. The number of aliphatic hydroxyl groups excluding tert-OH is 1. The number of β-amino-alcohol motifs (C(OH)–C–C–N with tert-alkyl or cyclic N) is 1. The maximum atomic E-state index is 9.42. The first-order valence-corrected chi connectivity index (χ1v) is 5.29. The zero-order valence-corrected chi connectivity index (χ0v) is 8.28.